The van der Waals surface area contributed by atoms with Crippen LogP contribution in [0.5, 0.6) is 0 Å². The Morgan fingerprint density at radius 3 is 1.54 bits per heavy atom. The number of furan rings is 1. The molecule has 224 valence electrons. The van der Waals surface area contributed by atoms with Crippen molar-refractivity contribution in [2.45, 2.75) is 0 Å². The zero-order valence-corrected chi connectivity index (χ0v) is 26.1. The van der Waals surface area contributed by atoms with Crippen molar-refractivity contribution >= 4 is 54.3 Å². The van der Waals surface area contributed by atoms with Crippen LogP contribution in [0.15, 0.2) is 180 Å². The van der Waals surface area contributed by atoms with Gasteiger partial charge < -0.3 is 8.98 Å². The van der Waals surface area contributed by atoms with Crippen molar-refractivity contribution in [2.75, 3.05) is 0 Å². The Morgan fingerprint density at radius 1 is 0.354 bits per heavy atom. The molecular weight excluding hydrogens is 583 g/mol. The van der Waals surface area contributed by atoms with E-state index >= 15 is 0 Å². The lowest BCUT2D eigenvalue weighted by atomic mass is 9.91. The van der Waals surface area contributed by atoms with Gasteiger partial charge in [-0.25, -0.2) is 0 Å². The molecule has 0 bridgehead atoms. The van der Waals surface area contributed by atoms with E-state index in [4.69, 9.17) is 4.42 Å². The van der Waals surface area contributed by atoms with E-state index in [0.717, 1.165) is 50.1 Å². The number of fused-ring (bicyclic) bond motifs is 9. The first-order chi connectivity index (χ1) is 23.8. The van der Waals surface area contributed by atoms with Crippen molar-refractivity contribution < 1.29 is 4.42 Å². The maximum absolute atomic E-state index is 7.00. The van der Waals surface area contributed by atoms with E-state index in [0.29, 0.717) is 0 Å². The standard InChI is InChI=1S/C46H29NO/c1-3-13-31(14-4-1)43-44-39-20-8-7-17-35(39)36-28-25-33(29-40(36)46(44)48-45(43)32-15-5-2-6-16-32)30-23-26-34(27-24-30)47-41-21-11-9-18-37(41)38-19-10-12-22-42(38)47/h1-29H. The van der Waals surface area contributed by atoms with Gasteiger partial charge in [-0.15, -0.1) is 0 Å². The molecule has 0 atom stereocenters. The summed E-state index contributed by atoms with van der Waals surface area (Å²) >= 11 is 0. The average molecular weight is 612 g/mol. The van der Waals surface area contributed by atoms with Gasteiger partial charge in [-0.1, -0.05) is 146 Å². The second kappa shape index (κ2) is 10.6. The van der Waals surface area contributed by atoms with Gasteiger partial charge in [0.1, 0.15) is 11.3 Å². The lowest BCUT2D eigenvalue weighted by molar-refractivity contribution is 0.636. The Labute approximate surface area is 277 Å². The molecule has 0 spiro atoms. The van der Waals surface area contributed by atoms with Crippen LogP contribution in [0.1, 0.15) is 0 Å². The highest BCUT2D eigenvalue weighted by Crippen LogP contribution is 2.47. The molecule has 0 saturated carbocycles. The summed E-state index contributed by atoms with van der Waals surface area (Å²) in [6.45, 7) is 0. The van der Waals surface area contributed by atoms with Gasteiger partial charge in [0.05, 0.1) is 11.0 Å². The number of rotatable bonds is 4. The summed E-state index contributed by atoms with van der Waals surface area (Å²) in [5, 5.41) is 8.43. The highest BCUT2D eigenvalue weighted by atomic mass is 16.3. The SMILES string of the molecule is c1ccc(-c2oc3c4cc(-c5ccc(-n6c7ccccc7c7ccccc76)cc5)ccc4c4ccccc4c3c2-c2ccccc2)cc1. The molecule has 2 heterocycles. The Kier molecular flexibility index (Phi) is 5.91. The maximum Gasteiger partial charge on any atom is 0.143 e. The molecule has 0 aliphatic carbocycles. The largest absolute Gasteiger partial charge is 0.455 e. The molecule has 10 rings (SSSR count). The van der Waals surface area contributed by atoms with Crippen molar-refractivity contribution in [3.63, 3.8) is 0 Å². The molecule has 0 amide bonds. The molecule has 2 aromatic heterocycles. The fourth-order valence-corrected chi connectivity index (χ4v) is 7.64. The molecule has 0 aliphatic heterocycles. The summed E-state index contributed by atoms with van der Waals surface area (Å²) in [4.78, 5) is 0. The number of para-hydroxylation sites is 2. The first kappa shape index (κ1) is 26.8. The fourth-order valence-electron chi connectivity index (χ4n) is 7.64. The lowest BCUT2D eigenvalue weighted by Crippen LogP contribution is -1.93. The summed E-state index contributed by atoms with van der Waals surface area (Å²) in [7, 11) is 0. The monoisotopic (exact) mass is 611 g/mol. The highest BCUT2D eigenvalue weighted by molar-refractivity contribution is 6.28. The maximum atomic E-state index is 7.00. The van der Waals surface area contributed by atoms with E-state index in [1.54, 1.807) is 0 Å². The van der Waals surface area contributed by atoms with Crippen LogP contribution >= 0.6 is 0 Å². The minimum atomic E-state index is 0.899. The normalized spacial score (nSPS) is 11.8. The average Bonchev–Trinajstić information content (AvgIpc) is 3.73. The molecule has 10 aromatic rings. The van der Waals surface area contributed by atoms with Crippen molar-refractivity contribution in [1.29, 1.82) is 0 Å². The van der Waals surface area contributed by atoms with Gasteiger partial charge in [-0.05, 0) is 63.2 Å². The zero-order chi connectivity index (χ0) is 31.6. The second-order valence-corrected chi connectivity index (χ2v) is 12.5. The van der Waals surface area contributed by atoms with Gasteiger partial charge in [0.15, 0.2) is 0 Å². The number of hydrogen-bond donors (Lipinski definition) is 0. The quantitative estimate of drug-likeness (QED) is 0.181. The van der Waals surface area contributed by atoms with Gasteiger partial charge in [0, 0.05) is 38.4 Å². The van der Waals surface area contributed by atoms with Crippen LogP contribution in [-0.2, 0) is 0 Å². The molecular formula is C46H29NO. The zero-order valence-electron chi connectivity index (χ0n) is 26.1. The molecule has 0 radical (unpaired) electrons. The molecule has 2 heteroatoms. The second-order valence-electron chi connectivity index (χ2n) is 12.5. The number of hydrogen-bond acceptors (Lipinski definition) is 1. The van der Waals surface area contributed by atoms with E-state index in [1.807, 2.05) is 0 Å². The molecule has 48 heavy (non-hydrogen) atoms. The van der Waals surface area contributed by atoms with E-state index in [2.05, 4.69) is 180 Å². The summed E-state index contributed by atoms with van der Waals surface area (Å²) in [6, 6.07) is 63.0. The van der Waals surface area contributed by atoms with Gasteiger partial charge in [0.2, 0.25) is 0 Å². The van der Waals surface area contributed by atoms with E-state index in [1.165, 1.54) is 43.5 Å². The van der Waals surface area contributed by atoms with Crippen LogP contribution in [0, 0.1) is 0 Å². The summed E-state index contributed by atoms with van der Waals surface area (Å²) in [5.74, 6) is 0.899. The van der Waals surface area contributed by atoms with Crippen LogP contribution in [0.2, 0.25) is 0 Å². The fraction of sp³-hybridized carbons (Fsp3) is 0. The predicted molar refractivity (Wildman–Crippen MR) is 202 cm³/mol. The molecule has 0 saturated heterocycles. The van der Waals surface area contributed by atoms with Crippen molar-refractivity contribution in [2.24, 2.45) is 0 Å². The van der Waals surface area contributed by atoms with Crippen molar-refractivity contribution in [3.8, 4) is 39.3 Å². The first-order valence-electron chi connectivity index (χ1n) is 16.4. The Morgan fingerprint density at radius 2 is 0.875 bits per heavy atom. The molecule has 0 unspecified atom stereocenters. The van der Waals surface area contributed by atoms with Crippen LogP contribution in [0.4, 0.5) is 0 Å². The Bertz CT molecular complexity index is 2750. The minimum absolute atomic E-state index is 0.899. The van der Waals surface area contributed by atoms with E-state index in [-0.39, 0.29) is 0 Å². The van der Waals surface area contributed by atoms with Crippen molar-refractivity contribution in [3.05, 3.63) is 176 Å². The molecule has 0 fully saturated rings. The third-order valence-corrected chi connectivity index (χ3v) is 9.80. The van der Waals surface area contributed by atoms with Crippen LogP contribution in [0.3, 0.4) is 0 Å². The lowest BCUT2D eigenvalue weighted by Gasteiger charge is -2.11. The smallest absolute Gasteiger partial charge is 0.143 e. The molecule has 0 aliphatic rings. The minimum Gasteiger partial charge on any atom is -0.455 e. The summed E-state index contributed by atoms with van der Waals surface area (Å²) in [5.41, 5.74) is 10.2. The van der Waals surface area contributed by atoms with Gasteiger partial charge in [-0.3, -0.25) is 0 Å². The Hall–Kier alpha value is -6.38. The Balaban J connectivity index is 1.20. The van der Waals surface area contributed by atoms with E-state index < -0.39 is 0 Å². The van der Waals surface area contributed by atoms with Crippen LogP contribution < -0.4 is 0 Å². The summed E-state index contributed by atoms with van der Waals surface area (Å²) in [6.07, 6.45) is 0. The predicted octanol–water partition coefficient (Wildman–Crippen LogP) is 12.8. The topological polar surface area (TPSA) is 18.1 Å². The molecule has 0 N–H and O–H groups in total. The van der Waals surface area contributed by atoms with E-state index in [9.17, 15) is 0 Å². The molecule has 2 nitrogen and oxygen atoms in total. The number of benzene rings is 8. The number of nitrogens with zero attached hydrogens (tertiary/aromatic N) is 1. The third kappa shape index (κ3) is 4.00. The van der Waals surface area contributed by atoms with Crippen molar-refractivity contribution in [1.82, 2.24) is 4.57 Å². The highest BCUT2D eigenvalue weighted by Gasteiger charge is 2.23. The van der Waals surface area contributed by atoms with Gasteiger partial charge in [0.25, 0.3) is 0 Å². The van der Waals surface area contributed by atoms with Gasteiger partial charge >= 0.3 is 0 Å². The number of aromatic nitrogens is 1. The first-order valence-corrected chi connectivity index (χ1v) is 16.4. The summed E-state index contributed by atoms with van der Waals surface area (Å²) < 4.78 is 9.36. The van der Waals surface area contributed by atoms with Crippen LogP contribution in [-0.4, -0.2) is 4.57 Å². The van der Waals surface area contributed by atoms with Crippen LogP contribution in [0.25, 0.3) is 93.6 Å². The molecule has 8 aromatic carbocycles. The third-order valence-electron chi connectivity index (χ3n) is 9.80. The van der Waals surface area contributed by atoms with Gasteiger partial charge in [-0.2, -0.15) is 0 Å².